The van der Waals surface area contributed by atoms with Crippen molar-refractivity contribution in [2.24, 2.45) is 71.0 Å². The van der Waals surface area contributed by atoms with Gasteiger partial charge in [0.05, 0.1) is 0 Å². The van der Waals surface area contributed by atoms with Crippen LogP contribution in [-0.2, 0) is 0 Å². The van der Waals surface area contributed by atoms with Crippen molar-refractivity contribution in [3.63, 3.8) is 0 Å². The van der Waals surface area contributed by atoms with Crippen molar-refractivity contribution in [3.05, 3.63) is 84.4 Å². The van der Waals surface area contributed by atoms with Crippen LogP contribution < -0.4 is 0 Å². The SMILES string of the molecule is c1cc(-c2cccc3c2oc2c4ccccc4ccc32)cc(C2CCC3C(C2)C2CCCCC2C2CC4C5CCCCC5C5CCCCC5C4CC32)c1. The number of para-hydroxylation sites is 1. The molecule has 0 bridgehead atoms. The van der Waals surface area contributed by atoms with Crippen molar-refractivity contribution < 1.29 is 4.42 Å². The normalized spacial score (nSPS) is 39.4. The lowest BCUT2D eigenvalue weighted by Crippen LogP contribution is -2.57. The van der Waals surface area contributed by atoms with E-state index in [4.69, 9.17) is 4.42 Å². The zero-order valence-electron chi connectivity index (χ0n) is 31.9. The number of fused-ring (bicyclic) bond motifs is 17. The minimum absolute atomic E-state index is 0.700. The first-order valence-corrected chi connectivity index (χ1v) is 22.7. The van der Waals surface area contributed by atoms with Gasteiger partial charge in [-0.3, -0.25) is 0 Å². The summed E-state index contributed by atoms with van der Waals surface area (Å²) in [6.45, 7) is 0. The third-order valence-corrected chi connectivity index (χ3v) is 18.1. The van der Waals surface area contributed by atoms with Crippen LogP contribution in [0.4, 0.5) is 0 Å². The Labute approximate surface area is 317 Å². The molecule has 0 N–H and O–H groups in total. The molecule has 7 saturated carbocycles. The van der Waals surface area contributed by atoms with Gasteiger partial charge in [-0.2, -0.15) is 0 Å². The molecule has 274 valence electrons. The summed E-state index contributed by atoms with van der Waals surface area (Å²) in [5.74, 6) is 13.4. The topological polar surface area (TPSA) is 13.1 Å². The number of benzene rings is 4. The maximum Gasteiger partial charge on any atom is 0.143 e. The highest BCUT2D eigenvalue weighted by Crippen LogP contribution is 2.67. The average molecular weight is 701 g/mol. The molecule has 0 aliphatic heterocycles. The molecule has 5 aromatic rings. The van der Waals surface area contributed by atoms with Crippen LogP contribution in [0, 0.1) is 71.0 Å². The van der Waals surface area contributed by atoms with Crippen LogP contribution in [0.25, 0.3) is 43.8 Å². The second kappa shape index (κ2) is 12.7. The highest BCUT2D eigenvalue weighted by atomic mass is 16.3. The summed E-state index contributed by atoms with van der Waals surface area (Å²) < 4.78 is 6.82. The number of rotatable bonds is 2. The van der Waals surface area contributed by atoms with E-state index in [2.05, 4.69) is 78.9 Å². The van der Waals surface area contributed by atoms with E-state index in [1.54, 1.807) is 63.4 Å². The molecule has 53 heavy (non-hydrogen) atoms. The monoisotopic (exact) mass is 700 g/mol. The van der Waals surface area contributed by atoms with Gasteiger partial charge < -0.3 is 4.42 Å². The fraction of sp³-hybridized carbons (Fsp3) is 0.577. The minimum Gasteiger partial charge on any atom is -0.455 e. The third-order valence-electron chi connectivity index (χ3n) is 18.1. The Kier molecular flexibility index (Phi) is 7.75. The highest BCUT2D eigenvalue weighted by Gasteiger charge is 2.59. The lowest BCUT2D eigenvalue weighted by atomic mass is 9.40. The molecule has 4 aromatic carbocycles. The van der Waals surface area contributed by atoms with Gasteiger partial charge >= 0.3 is 0 Å². The quantitative estimate of drug-likeness (QED) is 0.179. The van der Waals surface area contributed by atoms with Gasteiger partial charge in [-0.25, -0.2) is 0 Å². The Bertz CT molecular complexity index is 2150. The first kappa shape index (κ1) is 32.2. The molecule has 7 aliphatic rings. The smallest absolute Gasteiger partial charge is 0.143 e. The van der Waals surface area contributed by atoms with E-state index in [1.807, 2.05) is 0 Å². The van der Waals surface area contributed by atoms with Crippen molar-refractivity contribution in [2.75, 3.05) is 0 Å². The molecule has 13 atom stereocenters. The zero-order valence-corrected chi connectivity index (χ0v) is 31.9. The summed E-state index contributed by atoms with van der Waals surface area (Å²) in [7, 11) is 0. The largest absolute Gasteiger partial charge is 0.455 e. The molecule has 0 saturated heterocycles. The predicted octanol–water partition coefficient (Wildman–Crippen LogP) is 14.6. The van der Waals surface area contributed by atoms with Gasteiger partial charge in [0, 0.05) is 21.7 Å². The van der Waals surface area contributed by atoms with Gasteiger partial charge in [-0.15, -0.1) is 0 Å². The molecule has 7 fully saturated rings. The van der Waals surface area contributed by atoms with Gasteiger partial charge in [0.1, 0.15) is 11.2 Å². The van der Waals surface area contributed by atoms with Crippen LogP contribution in [0.5, 0.6) is 0 Å². The van der Waals surface area contributed by atoms with Gasteiger partial charge in [0.25, 0.3) is 0 Å². The number of hydrogen-bond acceptors (Lipinski definition) is 1. The number of hydrogen-bond donors (Lipinski definition) is 0. The molecule has 1 nitrogen and oxygen atoms in total. The predicted molar refractivity (Wildman–Crippen MR) is 220 cm³/mol. The van der Waals surface area contributed by atoms with Crippen LogP contribution >= 0.6 is 0 Å². The highest BCUT2D eigenvalue weighted by molar-refractivity contribution is 6.17. The second-order valence-electron chi connectivity index (χ2n) is 19.9. The first-order valence-electron chi connectivity index (χ1n) is 22.7. The maximum absolute atomic E-state index is 6.82. The van der Waals surface area contributed by atoms with Crippen LogP contribution in [0.15, 0.2) is 83.3 Å². The van der Waals surface area contributed by atoms with Gasteiger partial charge in [0.15, 0.2) is 0 Å². The van der Waals surface area contributed by atoms with E-state index in [9.17, 15) is 0 Å². The van der Waals surface area contributed by atoms with Gasteiger partial charge in [0.2, 0.25) is 0 Å². The molecule has 1 heteroatoms. The minimum atomic E-state index is 0.700. The Morgan fingerprint density at radius 3 is 1.57 bits per heavy atom. The zero-order chi connectivity index (χ0) is 34.6. The molecule has 1 heterocycles. The second-order valence-corrected chi connectivity index (χ2v) is 19.9. The fourth-order valence-corrected chi connectivity index (χ4v) is 16.3. The van der Waals surface area contributed by atoms with E-state index in [0.717, 1.165) is 82.2 Å². The first-order chi connectivity index (χ1) is 26.3. The molecule has 12 rings (SSSR count). The Morgan fingerprint density at radius 2 is 0.906 bits per heavy atom. The molecule has 0 amide bonds. The molecule has 0 radical (unpaired) electrons. The average Bonchev–Trinajstić information content (AvgIpc) is 3.63. The summed E-state index contributed by atoms with van der Waals surface area (Å²) in [5, 5.41) is 4.92. The Morgan fingerprint density at radius 1 is 0.377 bits per heavy atom. The van der Waals surface area contributed by atoms with Crippen LogP contribution in [-0.4, -0.2) is 0 Å². The third kappa shape index (κ3) is 4.99. The summed E-state index contributed by atoms with van der Waals surface area (Å²) in [4.78, 5) is 0. The summed E-state index contributed by atoms with van der Waals surface area (Å²) >= 11 is 0. The van der Waals surface area contributed by atoms with E-state index in [-0.39, 0.29) is 0 Å². The Balaban J connectivity index is 0.859. The fourth-order valence-electron chi connectivity index (χ4n) is 16.3. The maximum atomic E-state index is 6.82. The van der Waals surface area contributed by atoms with Gasteiger partial charge in [-0.05, 0) is 170 Å². The van der Waals surface area contributed by atoms with E-state index in [0.29, 0.717) is 5.92 Å². The van der Waals surface area contributed by atoms with E-state index in [1.165, 1.54) is 84.0 Å². The molecule has 1 aromatic heterocycles. The molecular weight excluding hydrogens is 641 g/mol. The number of furan rings is 1. The van der Waals surface area contributed by atoms with E-state index < -0.39 is 0 Å². The molecule has 7 aliphatic carbocycles. The Hall–Kier alpha value is -3.06. The van der Waals surface area contributed by atoms with Crippen LogP contribution in [0.2, 0.25) is 0 Å². The summed E-state index contributed by atoms with van der Waals surface area (Å²) in [6.07, 6.45) is 26.3. The van der Waals surface area contributed by atoms with Crippen LogP contribution in [0.3, 0.4) is 0 Å². The van der Waals surface area contributed by atoms with Crippen molar-refractivity contribution in [3.8, 4) is 11.1 Å². The molecule has 13 unspecified atom stereocenters. The summed E-state index contributed by atoms with van der Waals surface area (Å²) in [6, 6.07) is 29.7. The van der Waals surface area contributed by atoms with Crippen molar-refractivity contribution in [1.82, 2.24) is 0 Å². The lowest BCUT2D eigenvalue weighted by molar-refractivity contribution is -0.155. The van der Waals surface area contributed by atoms with Crippen molar-refractivity contribution in [1.29, 1.82) is 0 Å². The van der Waals surface area contributed by atoms with Crippen molar-refractivity contribution in [2.45, 2.75) is 115 Å². The van der Waals surface area contributed by atoms with Crippen LogP contribution in [0.1, 0.15) is 121 Å². The van der Waals surface area contributed by atoms with E-state index >= 15 is 0 Å². The summed E-state index contributed by atoms with van der Waals surface area (Å²) in [5.41, 5.74) is 6.24. The standard InChI is InChI=1S/C52H60O/c1-2-14-35-31(11-1)23-26-45-44-22-10-21-36(52(44)53-51(35)45)34-13-9-12-32(27-34)33-24-25-43-46(28-33)41-19-7-8-20-42(41)49-29-47-39-17-5-3-15-37(39)38-16-4-6-18-40(38)48(47)30-50(43)49/h1-2,9-14,21-23,26-27,33,37-43,46-50H,3-8,15-20,24-25,28-30H2. The molecule has 0 spiro atoms. The molecular formula is C52H60O. The van der Waals surface area contributed by atoms with Crippen molar-refractivity contribution >= 4 is 32.7 Å². The van der Waals surface area contributed by atoms with Gasteiger partial charge in [-0.1, -0.05) is 111 Å². The lowest BCUT2D eigenvalue weighted by Gasteiger charge is -2.65.